The molecule has 1 saturated heterocycles. The van der Waals surface area contributed by atoms with Crippen LogP contribution in [0.5, 0.6) is 5.75 Å². The number of anilines is 2. The molecule has 0 aromatic heterocycles. The summed E-state index contributed by atoms with van der Waals surface area (Å²) in [5, 5.41) is 5.67. The normalized spacial score (nSPS) is 15.7. The highest BCUT2D eigenvalue weighted by molar-refractivity contribution is 9.10. The summed E-state index contributed by atoms with van der Waals surface area (Å²) in [7, 11) is 0. The largest absolute Gasteiger partial charge is 0.490 e. The standard InChI is InChI=1S/C22H25BrN2O4/c1-2-4-21(26)24-16-7-9-17(10-8-16)25-22(27)15-6-11-20(19(23)13-15)29-14-18-5-3-12-28-18/h6-11,13,18H,2-5,12,14H2,1H3,(H,24,26)(H,25,27). The second-order valence-electron chi connectivity index (χ2n) is 6.92. The molecule has 1 atom stereocenters. The number of ether oxygens (including phenoxy) is 2. The first-order valence-electron chi connectivity index (χ1n) is 9.80. The topological polar surface area (TPSA) is 76.7 Å². The smallest absolute Gasteiger partial charge is 0.255 e. The van der Waals surface area contributed by atoms with E-state index in [1.807, 2.05) is 6.92 Å². The van der Waals surface area contributed by atoms with Crippen LogP contribution in [0.3, 0.4) is 0 Å². The van der Waals surface area contributed by atoms with E-state index in [9.17, 15) is 9.59 Å². The van der Waals surface area contributed by atoms with E-state index in [0.29, 0.717) is 35.7 Å². The molecular weight excluding hydrogens is 436 g/mol. The number of hydrogen-bond donors (Lipinski definition) is 2. The van der Waals surface area contributed by atoms with Gasteiger partial charge in [0, 0.05) is 30.0 Å². The SMILES string of the molecule is CCCC(=O)Nc1ccc(NC(=O)c2ccc(OCC3CCCO3)c(Br)c2)cc1. The Kier molecular flexibility index (Phi) is 7.66. The van der Waals surface area contributed by atoms with E-state index in [4.69, 9.17) is 9.47 Å². The average Bonchev–Trinajstić information content (AvgIpc) is 3.22. The minimum absolute atomic E-state index is 0.0176. The predicted molar refractivity (Wildman–Crippen MR) is 117 cm³/mol. The summed E-state index contributed by atoms with van der Waals surface area (Å²) < 4.78 is 12.1. The minimum atomic E-state index is -0.223. The van der Waals surface area contributed by atoms with Crippen molar-refractivity contribution < 1.29 is 19.1 Å². The molecule has 1 aliphatic rings. The molecule has 0 saturated carbocycles. The molecule has 1 heterocycles. The third-order valence-corrected chi connectivity index (χ3v) is 5.17. The number of benzene rings is 2. The van der Waals surface area contributed by atoms with Gasteiger partial charge in [-0.3, -0.25) is 9.59 Å². The lowest BCUT2D eigenvalue weighted by Crippen LogP contribution is -2.16. The van der Waals surface area contributed by atoms with Crippen LogP contribution in [0.15, 0.2) is 46.9 Å². The van der Waals surface area contributed by atoms with Gasteiger partial charge in [-0.2, -0.15) is 0 Å². The lowest BCUT2D eigenvalue weighted by atomic mass is 10.2. The van der Waals surface area contributed by atoms with E-state index < -0.39 is 0 Å². The molecule has 1 aliphatic heterocycles. The quantitative estimate of drug-likeness (QED) is 0.580. The number of rotatable bonds is 8. The van der Waals surface area contributed by atoms with Gasteiger partial charge in [0.25, 0.3) is 5.91 Å². The number of halogens is 1. The molecule has 1 unspecified atom stereocenters. The molecule has 2 aromatic carbocycles. The summed E-state index contributed by atoms with van der Waals surface area (Å²) in [4.78, 5) is 24.2. The van der Waals surface area contributed by atoms with Crippen molar-refractivity contribution in [2.75, 3.05) is 23.8 Å². The Morgan fingerprint density at radius 3 is 2.48 bits per heavy atom. The number of carbonyl (C=O) groups excluding carboxylic acids is 2. The Bertz CT molecular complexity index is 848. The first-order chi connectivity index (χ1) is 14.0. The second kappa shape index (κ2) is 10.4. The fourth-order valence-electron chi connectivity index (χ4n) is 3.01. The highest BCUT2D eigenvalue weighted by Crippen LogP contribution is 2.27. The van der Waals surface area contributed by atoms with Crippen LogP contribution in [-0.2, 0) is 9.53 Å². The summed E-state index contributed by atoms with van der Waals surface area (Å²) in [6, 6.07) is 12.3. The van der Waals surface area contributed by atoms with E-state index in [2.05, 4.69) is 26.6 Å². The van der Waals surface area contributed by atoms with E-state index in [1.54, 1.807) is 42.5 Å². The number of carbonyl (C=O) groups is 2. The molecule has 7 heteroatoms. The van der Waals surface area contributed by atoms with Crippen LogP contribution < -0.4 is 15.4 Å². The fourth-order valence-corrected chi connectivity index (χ4v) is 3.50. The van der Waals surface area contributed by atoms with Gasteiger partial charge in [-0.25, -0.2) is 0 Å². The van der Waals surface area contributed by atoms with Crippen molar-refractivity contribution in [3.05, 3.63) is 52.5 Å². The third kappa shape index (κ3) is 6.30. The van der Waals surface area contributed by atoms with Crippen LogP contribution in [0.4, 0.5) is 11.4 Å². The molecule has 0 radical (unpaired) electrons. The molecule has 6 nitrogen and oxygen atoms in total. The fraction of sp³-hybridized carbons (Fsp3) is 0.364. The molecule has 154 valence electrons. The van der Waals surface area contributed by atoms with Gasteiger partial charge < -0.3 is 20.1 Å². The minimum Gasteiger partial charge on any atom is -0.490 e. The van der Waals surface area contributed by atoms with Crippen molar-refractivity contribution in [3.63, 3.8) is 0 Å². The van der Waals surface area contributed by atoms with Crippen LogP contribution >= 0.6 is 15.9 Å². The van der Waals surface area contributed by atoms with Crippen LogP contribution in [0, 0.1) is 0 Å². The van der Waals surface area contributed by atoms with Gasteiger partial charge in [0.05, 0.1) is 10.6 Å². The molecule has 3 rings (SSSR count). The van der Waals surface area contributed by atoms with Crippen molar-refractivity contribution in [1.82, 2.24) is 0 Å². The molecule has 1 fully saturated rings. The van der Waals surface area contributed by atoms with E-state index in [-0.39, 0.29) is 17.9 Å². The summed E-state index contributed by atoms with van der Waals surface area (Å²) in [5.74, 6) is 0.444. The third-order valence-electron chi connectivity index (χ3n) is 4.55. The zero-order valence-corrected chi connectivity index (χ0v) is 18.0. The van der Waals surface area contributed by atoms with Gasteiger partial charge in [-0.15, -0.1) is 0 Å². The molecular formula is C22H25BrN2O4. The average molecular weight is 461 g/mol. The van der Waals surface area contributed by atoms with Gasteiger partial charge in [-0.05, 0) is 77.7 Å². The number of amides is 2. The van der Waals surface area contributed by atoms with Crippen LogP contribution in [0.2, 0.25) is 0 Å². The monoisotopic (exact) mass is 460 g/mol. The number of hydrogen-bond acceptors (Lipinski definition) is 4. The first-order valence-corrected chi connectivity index (χ1v) is 10.6. The maximum atomic E-state index is 12.5. The van der Waals surface area contributed by atoms with Crippen molar-refractivity contribution in [3.8, 4) is 5.75 Å². The highest BCUT2D eigenvalue weighted by atomic mass is 79.9. The molecule has 2 aromatic rings. The van der Waals surface area contributed by atoms with Gasteiger partial charge in [0.15, 0.2) is 0 Å². The van der Waals surface area contributed by atoms with Crippen LogP contribution in [-0.4, -0.2) is 31.1 Å². The maximum absolute atomic E-state index is 12.5. The summed E-state index contributed by atoms with van der Waals surface area (Å²) in [6.07, 6.45) is 3.51. The summed E-state index contributed by atoms with van der Waals surface area (Å²) in [6.45, 7) is 3.25. The molecule has 0 aliphatic carbocycles. The lowest BCUT2D eigenvalue weighted by Gasteiger charge is -2.13. The van der Waals surface area contributed by atoms with Crippen LogP contribution in [0.1, 0.15) is 43.0 Å². The zero-order chi connectivity index (χ0) is 20.6. The Morgan fingerprint density at radius 1 is 1.14 bits per heavy atom. The van der Waals surface area contributed by atoms with Crippen molar-refractivity contribution in [2.24, 2.45) is 0 Å². The lowest BCUT2D eigenvalue weighted by molar-refractivity contribution is -0.116. The maximum Gasteiger partial charge on any atom is 0.255 e. The molecule has 29 heavy (non-hydrogen) atoms. The molecule has 0 bridgehead atoms. The Balaban J connectivity index is 1.55. The first kappa shape index (κ1) is 21.3. The van der Waals surface area contributed by atoms with Crippen LogP contribution in [0.25, 0.3) is 0 Å². The van der Waals surface area contributed by atoms with Gasteiger partial charge in [-0.1, -0.05) is 6.92 Å². The second-order valence-corrected chi connectivity index (χ2v) is 7.78. The van der Waals surface area contributed by atoms with E-state index >= 15 is 0 Å². The van der Waals surface area contributed by atoms with Gasteiger partial charge >= 0.3 is 0 Å². The van der Waals surface area contributed by atoms with Crippen molar-refractivity contribution >= 4 is 39.1 Å². The van der Waals surface area contributed by atoms with Gasteiger partial charge in [0.2, 0.25) is 5.91 Å². The van der Waals surface area contributed by atoms with E-state index in [0.717, 1.165) is 30.3 Å². The Morgan fingerprint density at radius 2 is 1.86 bits per heavy atom. The molecule has 0 spiro atoms. The Hall–Kier alpha value is -2.38. The summed E-state index contributed by atoms with van der Waals surface area (Å²) >= 11 is 3.47. The van der Waals surface area contributed by atoms with E-state index in [1.165, 1.54) is 0 Å². The summed E-state index contributed by atoms with van der Waals surface area (Å²) in [5.41, 5.74) is 1.87. The predicted octanol–water partition coefficient (Wildman–Crippen LogP) is 5.00. The Labute approximate surface area is 179 Å². The molecule has 2 amide bonds. The zero-order valence-electron chi connectivity index (χ0n) is 16.4. The van der Waals surface area contributed by atoms with Crippen molar-refractivity contribution in [1.29, 1.82) is 0 Å². The molecule has 2 N–H and O–H groups in total. The highest BCUT2D eigenvalue weighted by Gasteiger charge is 2.17. The van der Waals surface area contributed by atoms with Gasteiger partial charge in [0.1, 0.15) is 12.4 Å². The van der Waals surface area contributed by atoms with Crippen molar-refractivity contribution in [2.45, 2.75) is 38.7 Å². The number of nitrogens with one attached hydrogen (secondary N) is 2.